The normalized spacial score (nSPS) is 9.96. The molecule has 0 aromatic heterocycles. The van der Waals surface area contributed by atoms with Crippen LogP contribution in [-0.4, -0.2) is 24.1 Å². The van der Waals surface area contributed by atoms with Crippen LogP contribution >= 0.6 is 0 Å². The number of ketones is 1. The summed E-state index contributed by atoms with van der Waals surface area (Å²) in [6, 6.07) is 13.4. The smallest absolute Gasteiger partial charge is 0.250 e. The first-order valence-electron chi connectivity index (χ1n) is 7.01. The van der Waals surface area contributed by atoms with Gasteiger partial charge < -0.3 is 16.4 Å². The Morgan fingerprint density at radius 1 is 1.04 bits per heavy atom. The number of hydrogen-bond donors (Lipinski definition) is 3. The number of rotatable bonds is 6. The van der Waals surface area contributed by atoms with Crippen molar-refractivity contribution in [2.75, 3.05) is 17.2 Å². The zero-order valence-corrected chi connectivity index (χ0v) is 12.6. The number of anilines is 2. The van der Waals surface area contributed by atoms with Crippen LogP contribution in [0.15, 0.2) is 48.5 Å². The third-order valence-electron chi connectivity index (χ3n) is 3.18. The predicted molar refractivity (Wildman–Crippen MR) is 88.5 cm³/mol. The summed E-state index contributed by atoms with van der Waals surface area (Å²) in [6.07, 6.45) is 0. The van der Waals surface area contributed by atoms with Gasteiger partial charge in [0, 0.05) is 16.9 Å². The molecule has 118 valence electrons. The summed E-state index contributed by atoms with van der Waals surface area (Å²) in [5.74, 6) is -0.942. The number of nitrogens with one attached hydrogen (secondary N) is 2. The average molecular weight is 311 g/mol. The SMILES string of the molecule is CC(=O)c1cccc(NC(=O)CNc2ccccc2C(N)=O)c1. The predicted octanol–water partition coefficient (Wildman–Crippen LogP) is 2.04. The van der Waals surface area contributed by atoms with Crippen molar-refractivity contribution < 1.29 is 14.4 Å². The molecule has 23 heavy (non-hydrogen) atoms. The number of Topliss-reactive ketones (excluding diaryl/α,β-unsaturated/α-hetero) is 1. The molecule has 0 fully saturated rings. The molecule has 0 saturated heterocycles. The van der Waals surface area contributed by atoms with E-state index < -0.39 is 5.91 Å². The minimum atomic E-state index is -0.567. The van der Waals surface area contributed by atoms with Crippen molar-refractivity contribution in [3.63, 3.8) is 0 Å². The van der Waals surface area contributed by atoms with Crippen LogP contribution in [0.1, 0.15) is 27.6 Å². The Kier molecular flexibility index (Phi) is 5.09. The molecular formula is C17H17N3O3. The molecule has 0 spiro atoms. The summed E-state index contributed by atoms with van der Waals surface area (Å²) in [5.41, 5.74) is 7.15. The maximum atomic E-state index is 12.0. The van der Waals surface area contributed by atoms with Gasteiger partial charge >= 0.3 is 0 Å². The Balaban J connectivity index is 2.00. The Morgan fingerprint density at radius 3 is 2.48 bits per heavy atom. The van der Waals surface area contributed by atoms with Crippen LogP contribution in [0.4, 0.5) is 11.4 Å². The van der Waals surface area contributed by atoms with E-state index >= 15 is 0 Å². The Morgan fingerprint density at radius 2 is 1.78 bits per heavy atom. The maximum Gasteiger partial charge on any atom is 0.250 e. The van der Waals surface area contributed by atoms with Crippen molar-refractivity contribution >= 4 is 29.0 Å². The lowest BCUT2D eigenvalue weighted by Crippen LogP contribution is -2.23. The molecule has 0 unspecified atom stereocenters. The van der Waals surface area contributed by atoms with E-state index in [4.69, 9.17) is 5.73 Å². The van der Waals surface area contributed by atoms with Crippen LogP contribution in [0.25, 0.3) is 0 Å². The fourth-order valence-corrected chi connectivity index (χ4v) is 2.05. The highest BCUT2D eigenvalue weighted by atomic mass is 16.2. The van der Waals surface area contributed by atoms with Gasteiger partial charge in [0.2, 0.25) is 5.91 Å². The van der Waals surface area contributed by atoms with E-state index in [1.54, 1.807) is 48.5 Å². The minimum absolute atomic E-state index is 0.0331. The lowest BCUT2D eigenvalue weighted by molar-refractivity contribution is -0.114. The maximum absolute atomic E-state index is 12.0. The van der Waals surface area contributed by atoms with Gasteiger partial charge in [0.25, 0.3) is 5.91 Å². The van der Waals surface area contributed by atoms with Crippen molar-refractivity contribution in [3.05, 3.63) is 59.7 Å². The second-order valence-corrected chi connectivity index (χ2v) is 4.95. The number of benzene rings is 2. The molecule has 0 saturated carbocycles. The molecule has 0 aliphatic heterocycles. The Bertz CT molecular complexity index is 756. The molecule has 4 N–H and O–H groups in total. The molecule has 2 amide bonds. The van der Waals surface area contributed by atoms with E-state index in [1.807, 2.05) is 0 Å². The molecule has 2 rings (SSSR count). The van der Waals surface area contributed by atoms with Gasteiger partial charge in [0.05, 0.1) is 12.1 Å². The van der Waals surface area contributed by atoms with E-state index in [0.29, 0.717) is 22.5 Å². The van der Waals surface area contributed by atoms with E-state index in [9.17, 15) is 14.4 Å². The van der Waals surface area contributed by atoms with Crippen molar-refractivity contribution in [1.29, 1.82) is 0 Å². The van der Waals surface area contributed by atoms with Crippen LogP contribution in [0.5, 0.6) is 0 Å². The average Bonchev–Trinajstić information content (AvgIpc) is 2.53. The van der Waals surface area contributed by atoms with Crippen LogP contribution in [0, 0.1) is 0 Å². The fraction of sp³-hybridized carbons (Fsp3) is 0.118. The van der Waals surface area contributed by atoms with Crippen LogP contribution in [0.3, 0.4) is 0 Å². The Hall–Kier alpha value is -3.15. The summed E-state index contributed by atoms with van der Waals surface area (Å²) in [5, 5.41) is 5.56. The lowest BCUT2D eigenvalue weighted by atomic mass is 10.1. The summed E-state index contributed by atoms with van der Waals surface area (Å²) in [6.45, 7) is 1.43. The molecule has 0 aliphatic carbocycles. The minimum Gasteiger partial charge on any atom is -0.376 e. The second-order valence-electron chi connectivity index (χ2n) is 4.95. The summed E-state index contributed by atoms with van der Waals surface area (Å²) < 4.78 is 0. The number of carbonyl (C=O) groups excluding carboxylic acids is 3. The summed E-state index contributed by atoms with van der Waals surface area (Å²) in [4.78, 5) is 34.6. The molecule has 0 aliphatic rings. The molecule has 0 radical (unpaired) electrons. The van der Waals surface area contributed by atoms with Gasteiger partial charge in [-0.05, 0) is 31.2 Å². The number of carbonyl (C=O) groups is 3. The molecule has 6 heteroatoms. The number of para-hydroxylation sites is 1. The van der Waals surface area contributed by atoms with Gasteiger partial charge in [0.15, 0.2) is 5.78 Å². The highest BCUT2D eigenvalue weighted by Crippen LogP contribution is 2.14. The lowest BCUT2D eigenvalue weighted by Gasteiger charge is -2.10. The number of primary amides is 1. The molecule has 6 nitrogen and oxygen atoms in total. The van der Waals surface area contributed by atoms with E-state index in [-0.39, 0.29) is 18.2 Å². The van der Waals surface area contributed by atoms with Gasteiger partial charge in [-0.15, -0.1) is 0 Å². The van der Waals surface area contributed by atoms with Crippen LogP contribution < -0.4 is 16.4 Å². The van der Waals surface area contributed by atoms with Crippen LogP contribution in [-0.2, 0) is 4.79 Å². The first-order chi connectivity index (χ1) is 11.0. The van der Waals surface area contributed by atoms with Gasteiger partial charge in [-0.1, -0.05) is 24.3 Å². The fourth-order valence-electron chi connectivity index (χ4n) is 2.05. The van der Waals surface area contributed by atoms with E-state index in [0.717, 1.165) is 0 Å². The first-order valence-corrected chi connectivity index (χ1v) is 7.01. The topological polar surface area (TPSA) is 101 Å². The second kappa shape index (κ2) is 7.22. The molecule has 2 aromatic carbocycles. The zero-order chi connectivity index (χ0) is 16.8. The third kappa shape index (κ3) is 4.41. The van der Waals surface area contributed by atoms with Crippen molar-refractivity contribution in [3.8, 4) is 0 Å². The first kappa shape index (κ1) is 16.2. The number of amides is 2. The summed E-state index contributed by atoms with van der Waals surface area (Å²) in [7, 11) is 0. The van der Waals surface area contributed by atoms with Gasteiger partial charge in [-0.2, -0.15) is 0 Å². The molecule has 0 bridgehead atoms. The zero-order valence-electron chi connectivity index (χ0n) is 12.6. The van der Waals surface area contributed by atoms with Gasteiger partial charge in [-0.25, -0.2) is 0 Å². The Labute approximate surface area is 133 Å². The van der Waals surface area contributed by atoms with Crippen molar-refractivity contribution in [2.24, 2.45) is 5.73 Å². The molecule has 2 aromatic rings. The monoisotopic (exact) mass is 311 g/mol. The van der Waals surface area contributed by atoms with Crippen LogP contribution in [0.2, 0.25) is 0 Å². The number of hydrogen-bond acceptors (Lipinski definition) is 4. The van der Waals surface area contributed by atoms with Crippen molar-refractivity contribution in [1.82, 2.24) is 0 Å². The van der Waals surface area contributed by atoms with E-state index in [2.05, 4.69) is 10.6 Å². The standard InChI is InChI=1S/C17H17N3O3/c1-11(21)12-5-4-6-13(9-12)20-16(22)10-19-15-8-3-2-7-14(15)17(18)23/h2-9,19H,10H2,1H3,(H2,18,23)(H,20,22). The third-order valence-corrected chi connectivity index (χ3v) is 3.18. The molecular weight excluding hydrogens is 294 g/mol. The van der Waals surface area contributed by atoms with Crippen molar-refractivity contribution in [2.45, 2.75) is 6.92 Å². The molecule has 0 atom stereocenters. The molecule has 0 heterocycles. The summed E-state index contributed by atoms with van der Waals surface area (Å²) >= 11 is 0. The van der Waals surface area contributed by atoms with Gasteiger partial charge in [0.1, 0.15) is 0 Å². The highest BCUT2D eigenvalue weighted by Gasteiger charge is 2.09. The van der Waals surface area contributed by atoms with E-state index in [1.165, 1.54) is 6.92 Å². The highest BCUT2D eigenvalue weighted by molar-refractivity contribution is 6.00. The quantitative estimate of drug-likeness (QED) is 0.710. The largest absolute Gasteiger partial charge is 0.376 e. The van der Waals surface area contributed by atoms with Gasteiger partial charge in [-0.3, -0.25) is 14.4 Å². The number of nitrogens with two attached hydrogens (primary N) is 1.